The van der Waals surface area contributed by atoms with Crippen molar-refractivity contribution >= 4 is 11.4 Å². The average Bonchev–Trinajstić information content (AvgIpc) is 2.23. The molecule has 1 aromatic rings. The molecule has 3 heteroatoms. The number of anilines is 2. The van der Waals surface area contributed by atoms with E-state index in [1.165, 1.54) is 31.5 Å². The second kappa shape index (κ2) is 4.11. The molecule has 0 amide bonds. The van der Waals surface area contributed by atoms with Crippen LogP contribution in [-0.2, 0) is 0 Å². The van der Waals surface area contributed by atoms with Crippen LogP contribution in [-0.4, -0.2) is 25.0 Å². The molecule has 0 atom stereocenters. The molecule has 0 saturated carbocycles. The van der Waals surface area contributed by atoms with Crippen molar-refractivity contribution in [2.75, 3.05) is 31.6 Å². The Balaban J connectivity index is 2.12. The Morgan fingerprint density at radius 1 is 1.13 bits per heavy atom. The molecular weight excluding hydrogens is 186 g/mol. The van der Waals surface area contributed by atoms with Crippen molar-refractivity contribution in [3.63, 3.8) is 0 Å². The fraction of sp³-hybridized carbons (Fsp3) is 0.500. The quantitative estimate of drug-likeness (QED) is 0.686. The van der Waals surface area contributed by atoms with Crippen molar-refractivity contribution in [1.82, 2.24) is 4.90 Å². The first-order chi connectivity index (χ1) is 7.16. The number of rotatable bonds is 1. The zero-order valence-electron chi connectivity index (χ0n) is 9.24. The first-order valence-electron chi connectivity index (χ1n) is 5.50. The van der Waals surface area contributed by atoms with E-state index in [4.69, 9.17) is 11.5 Å². The third-order valence-corrected chi connectivity index (χ3v) is 3.30. The molecule has 1 aliphatic rings. The fourth-order valence-corrected chi connectivity index (χ4v) is 2.19. The lowest BCUT2D eigenvalue weighted by Crippen LogP contribution is -2.29. The maximum absolute atomic E-state index is 5.82. The van der Waals surface area contributed by atoms with E-state index in [0.717, 1.165) is 0 Å². The lowest BCUT2D eigenvalue weighted by molar-refractivity contribution is 0.255. The smallest absolute Gasteiger partial charge is 0.0550 e. The number of nitrogens with zero attached hydrogens (tertiary/aromatic N) is 1. The number of hydrogen-bond donors (Lipinski definition) is 2. The van der Waals surface area contributed by atoms with Gasteiger partial charge in [0, 0.05) is 0 Å². The molecule has 2 rings (SSSR count). The van der Waals surface area contributed by atoms with Crippen LogP contribution in [0.1, 0.15) is 24.3 Å². The van der Waals surface area contributed by atoms with Crippen molar-refractivity contribution in [2.24, 2.45) is 0 Å². The van der Waals surface area contributed by atoms with Gasteiger partial charge in [0.2, 0.25) is 0 Å². The van der Waals surface area contributed by atoms with E-state index >= 15 is 0 Å². The molecule has 1 aliphatic heterocycles. The van der Waals surface area contributed by atoms with E-state index in [1.54, 1.807) is 0 Å². The Bertz CT molecular complexity index is 341. The van der Waals surface area contributed by atoms with Gasteiger partial charge in [0.05, 0.1) is 11.4 Å². The average molecular weight is 205 g/mol. The second-order valence-electron chi connectivity index (χ2n) is 4.47. The molecule has 0 bridgehead atoms. The van der Waals surface area contributed by atoms with Gasteiger partial charge in [-0.25, -0.2) is 0 Å². The SMILES string of the molecule is CN1CCC(c2ccc(N)c(N)c2)CC1. The van der Waals surface area contributed by atoms with Crippen molar-refractivity contribution in [2.45, 2.75) is 18.8 Å². The minimum absolute atomic E-state index is 0.657. The van der Waals surface area contributed by atoms with E-state index in [0.29, 0.717) is 17.3 Å². The maximum Gasteiger partial charge on any atom is 0.0550 e. The van der Waals surface area contributed by atoms with Crippen molar-refractivity contribution in [1.29, 1.82) is 0 Å². The maximum atomic E-state index is 5.82. The molecule has 1 fully saturated rings. The first-order valence-corrected chi connectivity index (χ1v) is 5.50. The lowest BCUT2D eigenvalue weighted by Gasteiger charge is -2.29. The molecule has 4 N–H and O–H groups in total. The summed E-state index contributed by atoms with van der Waals surface area (Å²) in [6, 6.07) is 6.07. The second-order valence-corrected chi connectivity index (χ2v) is 4.47. The van der Waals surface area contributed by atoms with Gasteiger partial charge in [0.1, 0.15) is 0 Å². The van der Waals surface area contributed by atoms with Gasteiger partial charge in [0.15, 0.2) is 0 Å². The Morgan fingerprint density at radius 2 is 1.80 bits per heavy atom. The molecule has 0 aliphatic carbocycles. The molecule has 0 radical (unpaired) electrons. The summed E-state index contributed by atoms with van der Waals surface area (Å²) < 4.78 is 0. The number of piperidine rings is 1. The summed E-state index contributed by atoms with van der Waals surface area (Å²) in [5.74, 6) is 0.657. The predicted octanol–water partition coefficient (Wildman–Crippen LogP) is 1.66. The van der Waals surface area contributed by atoms with E-state index in [2.05, 4.69) is 18.0 Å². The zero-order valence-corrected chi connectivity index (χ0v) is 9.24. The normalized spacial score (nSPS) is 19.3. The van der Waals surface area contributed by atoms with Gasteiger partial charge in [0.25, 0.3) is 0 Å². The fourth-order valence-electron chi connectivity index (χ4n) is 2.19. The first kappa shape index (κ1) is 10.3. The monoisotopic (exact) mass is 205 g/mol. The molecule has 1 saturated heterocycles. The van der Waals surface area contributed by atoms with Crippen molar-refractivity contribution < 1.29 is 0 Å². The Morgan fingerprint density at radius 3 is 2.40 bits per heavy atom. The Labute approximate surface area is 91.1 Å². The van der Waals surface area contributed by atoms with Gasteiger partial charge in [-0.15, -0.1) is 0 Å². The van der Waals surface area contributed by atoms with E-state index in [1.807, 2.05) is 12.1 Å². The van der Waals surface area contributed by atoms with Gasteiger partial charge in [-0.05, 0) is 56.6 Å². The van der Waals surface area contributed by atoms with Crippen LogP contribution in [0.2, 0.25) is 0 Å². The van der Waals surface area contributed by atoms with Crippen LogP contribution in [0.15, 0.2) is 18.2 Å². The third-order valence-electron chi connectivity index (χ3n) is 3.30. The highest BCUT2D eigenvalue weighted by molar-refractivity contribution is 5.64. The van der Waals surface area contributed by atoms with Crippen molar-refractivity contribution in [3.8, 4) is 0 Å². The van der Waals surface area contributed by atoms with E-state index in [-0.39, 0.29) is 0 Å². The summed E-state index contributed by atoms with van der Waals surface area (Å²) in [6.07, 6.45) is 2.44. The predicted molar refractivity (Wildman–Crippen MR) is 64.7 cm³/mol. The molecule has 82 valence electrons. The number of likely N-dealkylation sites (tertiary alicyclic amines) is 1. The number of nitrogens with two attached hydrogens (primary N) is 2. The van der Waals surface area contributed by atoms with Gasteiger partial charge in [-0.1, -0.05) is 6.07 Å². The van der Waals surface area contributed by atoms with Crippen molar-refractivity contribution in [3.05, 3.63) is 23.8 Å². The molecule has 0 unspecified atom stereocenters. The summed E-state index contributed by atoms with van der Waals surface area (Å²) in [4.78, 5) is 2.37. The standard InChI is InChI=1S/C12H19N3/c1-15-6-4-9(5-7-15)10-2-3-11(13)12(14)8-10/h2-3,8-9H,4-7,13-14H2,1H3. The van der Waals surface area contributed by atoms with Gasteiger partial charge in [-0.2, -0.15) is 0 Å². The highest BCUT2D eigenvalue weighted by Gasteiger charge is 2.18. The highest BCUT2D eigenvalue weighted by Crippen LogP contribution is 2.30. The molecule has 1 heterocycles. The van der Waals surface area contributed by atoms with Gasteiger partial charge < -0.3 is 16.4 Å². The van der Waals surface area contributed by atoms with Crippen LogP contribution < -0.4 is 11.5 Å². The molecule has 0 spiro atoms. The minimum Gasteiger partial charge on any atom is -0.397 e. The van der Waals surface area contributed by atoms with Gasteiger partial charge in [-0.3, -0.25) is 0 Å². The highest BCUT2D eigenvalue weighted by atomic mass is 15.1. The summed E-state index contributed by atoms with van der Waals surface area (Å²) in [5, 5.41) is 0. The van der Waals surface area contributed by atoms with Crippen LogP contribution in [0, 0.1) is 0 Å². The Hall–Kier alpha value is -1.22. The topological polar surface area (TPSA) is 55.3 Å². The van der Waals surface area contributed by atoms with Crippen LogP contribution in [0.3, 0.4) is 0 Å². The van der Waals surface area contributed by atoms with Crippen LogP contribution >= 0.6 is 0 Å². The van der Waals surface area contributed by atoms with Crippen LogP contribution in [0.4, 0.5) is 11.4 Å². The molecular formula is C12H19N3. The number of nitrogen functional groups attached to an aromatic ring is 2. The van der Waals surface area contributed by atoms with Crippen LogP contribution in [0.5, 0.6) is 0 Å². The zero-order chi connectivity index (χ0) is 10.8. The Kier molecular flexibility index (Phi) is 2.82. The molecule has 3 nitrogen and oxygen atoms in total. The molecule has 0 aromatic heterocycles. The molecule has 15 heavy (non-hydrogen) atoms. The van der Waals surface area contributed by atoms with Crippen LogP contribution in [0.25, 0.3) is 0 Å². The lowest BCUT2D eigenvalue weighted by atomic mass is 9.89. The number of benzene rings is 1. The largest absolute Gasteiger partial charge is 0.397 e. The van der Waals surface area contributed by atoms with E-state index < -0.39 is 0 Å². The summed E-state index contributed by atoms with van der Waals surface area (Å²) in [5.41, 5.74) is 14.3. The van der Waals surface area contributed by atoms with Gasteiger partial charge >= 0.3 is 0 Å². The molecule has 1 aromatic carbocycles. The summed E-state index contributed by atoms with van der Waals surface area (Å²) in [6.45, 7) is 2.35. The number of hydrogen-bond acceptors (Lipinski definition) is 3. The van der Waals surface area contributed by atoms with E-state index in [9.17, 15) is 0 Å². The summed E-state index contributed by atoms with van der Waals surface area (Å²) in [7, 11) is 2.17. The summed E-state index contributed by atoms with van der Waals surface area (Å²) >= 11 is 0. The third kappa shape index (κ3) is 2.23. The minimum atomic E-state index is 0.657.